The maximum atomic E-state index is 13.8. The minimum absolute atomic E-state index is 0.0325. The first-order valence-corrected chi connectivity index (χ1v) is 10.3. The van der Waals surface area contributed by atoms with Gasteiger partial charge in [0.1, 0.15) is 17.4 Å². The number of nitrogens with one attached hydrogen (secondary N) is 1. The van der Waals surface area contributed by atoms with Gasteiger partial charge in [-0.3, -0.25) is 4.79 Å². The topological polar surface area (TPSA) is 69.0 Å². The molecule has 6 nitrogen and oxygen atoms in total. The predicted octanol–water partition coefficient (Wildman–Crippen LogP) is 4.59. The zero-order valence-corrected chi connectivity index (χ0v) is 17.7. The maximum absolute atomic E-state index is 13.8. The monoisotopic (exact) mass is 448 g/mol. The molecule has 1 aliphatic heterocycles. The summed E-state index contributed by atoms with van der Waals surface area (Å²) in [7, 11) is 0. The van der Waals surface area contributed by atoms with Gasteiger partial charge >= 0.3 is 0 Å². The van der Waals surface area contributed by atoms with Crippen LogP contribution in [0.25, 0.3) is 11.4 Å². The van der Waals surface area contributed by atoms with Crippen LogP contribution in [0, 0.1) is 5.82 Å². The van der Waals surface area contributed by atoms with Crippen LogP contribution in [0.1, 0.15) is 30.8 Å². The van der Waals surface area contributed by atoms with Crippen molar-refractivity contribution in [1.82, 2.24) is 20.1 Å². The first-order valence-electron chi connectivity index (χ1n) is 9.55. The van der Waals surface area contributed by atoms with Crippen molar-refractivity contribution in [2.75, 3.05) is 6.61 Å². The van der Waals surface area contributed by atoms with Crippen molar-refractivity contribution in [2.24, 2.45) is 0 Å². The van der Waals surface area contributed by atoms with Gasteiger partial charge in [-0.15, -0.1) is 0 Å². The van der Waals surface area contributed by atoms with Gasteiger partial charge in [0.2, 0.25) is 5.91 Å². The number of hydrogen-bond acceptors (Lipinski definition) is 4. The molecule has 3 aromatic rings. The molecule has 1 aliphatic rings. The van der Waals surface area contributed by atoms with Crippen LogP contribution >= 0.6 is 23.2 Å². The number of benzene rings is 2. The third-order valence-electron chi connectivity index (χ3n) is 4.89. The summed E-state index contributed by atoms with van der Waals surface area (Å²) in [6.07, 6.45) is 0.693. The highest BCUT2D eigenvalue weighted by atomic mass is 35.5. The van der Waals surface area contributed by atoms with E-state index in [0.717, 1.165) is 11.3 Å². The summed E-state index contributed by atoms with van der Waals surface area (Å²) >= 11 is 11.9. The predicted molar refractivity (Wildman–Crippen MR) is 112 cm³/mol. The number of carbonyl (C=O) groups is 1. The number of ether oxygens (including phenoxy) is 1. The molecule has 0 saturated carbocycles. The van der Waals surface area contributed by atoms with Crippen LogP contribution in [0.3, 0.4) is 0 Å². The Labute approximate surface area is 183 Å². The number of rotatable bonds is 5. The van der Waals surface area contributed by atoms with Crippen LogP contribution in [0.2, 0.25) is 10.0 Å². The number of hydrogen-bond donors (Lipinski definition) is 1. The molecular weight excluding hydrogens is 430 g/mol. The molecule has 1 N–H and O–H groups in total. The Hall–Kier alpha value is -2.64. The van der Waals surface area contributed by atoms with Gasteiger partial charge in [-0.25, -0.2) is 14.1 Å². The highest BCUT2D eigenvalue weighted by molar-refractivity contribution is 6.31. The molecule has 0 aliphatic carbocycles. The summed E-state index contributed by atoms with van der Waals surface area (Å²) in [6, 6.07) is 9.57. The van der Waals surface area contributed by atoms with Crippen LogP contribution in [0.4, 0.5) is 4.39 Å². The molecular formula is C21H19Cl2FN4O2. The molecule has 0 saturated heterocycles. The van der Waals surface area contributed by atoms with Gasteiger partial charge in [0, 0.05) is 29.1 Å². The smallest absolute Gasteiger partial charge is 0.228 e. The number of fused-ring (bicyclic) bond motifs is 1. The van der Waals surface area contributed by atoms with Crippen LogP contribution < -0.4 is 10.1 Å². The summed E-state index contributed by atoms with van der Waals surface area (Å²) in [5.41, 5.74) is 1.36. The van der Waals surface area contributed by atoms with Crippen molar-refractivity contribution < 1.29 is 13.9 Å². The standard InChI is InChI=1S/C21H19Cl2FN4O2/c1-2-28-19(26-21(27-28)12-3-5-15(23)16(24)9-12)11-20(29)25-17-7-8-30-18-6-4-13(22)10-14(17)18/h3-6,9-10,17H,2,7-8,11H2,1H3,(H,25,29)/t17-/m0/s1. The summed E-state index contributed by atoms with van der Waals surface area (Å²) in [5, 5.41) is 8.05. The van der Waals surface area contributed by atoms with Gasteiger partial charge in [-0.2, -0.15) is 5.10 Å². The zero-order chi connectivity index (χ0) is 21.3. The zero-order valence-electron chi connectivity index (χ0n) is 16.2. The SMILES string of the molecule is CCn1nc(-c2ccc(Cl)c(F)c2)nc1CC(=O)N[C@H]1CCOc2ccc(Cl)cc21. The van der Waals surface area contributed by atoms with E-state index in [4.69, 9.17) is 27.9 Å². The van der Waals surface area contributed by atoms with E-state index in [9.17, 15) is 9.18 Å². The van der Waals surface area contributed by atoms with E-state index in [-0.39, 0.29) is 23.4 Å². The summed E-state index contributed by atoms with van der Waals surface area (Å²) in [5.74, 6) is 0.832. The van der Waals surface area contributed by atoms with Crippen molar-refractivity contribution in [3.63, 3.8) is 0 Å². The Bertz CT molecular complexity index is 1100. The van der Waals surface area contributed by atoms with Crippen LogP contribution in [-0.4, -0.2) is 27.3 Å². The normalized spacial score (nSPS) is 15.4. The van der Waals surface area contributed by atoms with Gasteiger partial charge < -0.3 is 10.1 Å². The van der Waals surface area contributed by atoms with Gasteiger partial charge in [0.25, 0.3) is 0 Å². The molecule has 0 fully saturated rings. The third kappa shape index (κ3) is 4.27. The van der Waals surface area contributed by atoms with E-state index in [2.05, 4.69) is 15.4 Å². The number of nitrogens with zero attached hydrogens (tertiary/aromatic N) is 3. The molecule has 0 unspecified atom stereocenters. The largest absolute Gasteiger partial charge is 0.493 e. The molecule has 156 valence electrons. The number of aromatic nitrogens is 3. The van der Waals surface area contributed by atoms with Crippen LogP contribution in [0.15, 0.2) is 36.4 Å². The molecule has 0 radical (unpaired) electrons. The Morgan fingerprint density at radius 1 is 1.30 bits per heavy atom. The van der Waals surface area contributed by atoms with Crippen molar-refractivity contribution >= 4 is 29.1 Å². The molecule has 9 heteroatoms. The lowest BCUT2D eigenvalue weighted by atomic mass is 10.0. The van der Waals surface area contributed by atoms with Crippen LogP contribution in [-0.2, 0) is 17.8 Å². The Kier molecular flexibility index (Phi) is 5.92. The first-order chi connectivity index (χ1) is 14.4. The fourth-order valence-corrected chi connectivity index (χ4v) is 3.72. The van der Waals surface area contributed by atoms with Crippen molar-refractivity contribution in [3.05, 3.63) is 63.6 Å². The van der Waals surface area contributed by atoms with E-state index in [1.165, 1.54) is 12.1 Å². The van der Waals surface area contributed by atoms with E-state index >= 15 is 0 Å². The number of aryl methyl sites for hydroxylation is 1. The maximum Gasteiger partial charge on any atom is 0.228 e. The van der Waals surface area contributed by atoms with Gasteiger partial charge in [-0.05, 0) is 43.3 Å². The minimum atomic E-state index is -0.543. The second-order valence-corrected chi connectivity index (χ2v) is 7.76. The first kappa shape index (κ1) is 20.6. The number of carbonyl (C=O) groups excluding carboxylic acids is 1. The highest BCUT2D eigenvalue weighted by Crippen LogP contribution is 2.34. The summed E-state index contributed by atoms with van der Waals surface area (Å²) in [6.45, 7) is 2.94. The van der Waals surface area contributed by atoms with E-state index < -0.39 is 5.82 Å². The van der Waals surface area contributed by atoms with Gasteiger partial charge in [-0.1, -0.05) is 23.2 Å². The van der Waals surface area contributed by atoms with E-state index in [1.807, 2.05) is 13.0 Å². The number of amides is 1. The molecule has 2 aromatic carbocycles. The second-order valence-electron chi connectivity index (χ2n) is 6.91. The summed E-state index contributed by atoms with van der Waals surface area (Å²) < 4.78 is 21.1. The molecule has 1 aromatic heterocycles. The Morgan fingerprint density at radius 3 is 2.90 bits per heavy atom. The number of halogens is 3. The quantitative estimate of drug-likeness (QED) is 0.619. The average Bonchev–Trinajstić information content (AvgIpc) is 3.13. The van der Waals surface area contributed by atoms with Gasteiger partial charge in [0.15, 0.2) is 5.82 Å². The second kappa shape index (κ2) is 8.62. The fraction of sp³-hybridized carbons (Fsp3) is 0.286. The lowest BCUT2D eigenvalue weighted by molar-refractivity contribution is -0.121. The summed E-state index contributed by atoms with van der Waals surface area (Å²) in [4.78, 5) is 17.2. The van der Waals surface area contributed by atoms with E-state index in [1.54, 1.807) is 22.9 Å². The van der Waals surface area contributed by atoms with Crippen molar-refractivity contribution in [1.29, 1.82) is 0 Å². The lowest BCUT2D eigenvalue weighted by Gasteiger charge is -2.26. The Morgan fingerprint density at radius 2 is 2.13 bits per heavy atom. The molecule has 30 heavy (non-hydrogen) atoms. The average molecular weight is 449 g/mol. The molecule has 2 heterocycles. The Balaban J connectivity index is 1.52. The lowest BCUT2D eigenvalue weighted by Crippen LogP contribution is -2.33. The van der Waals surface area contributed by atoms with Gasteiger partial charge in [0.05, 0.1) is 24.1 Å². The third-order valence-corrected chi connectivity index (χ3v) is 5.43. The molecule has 0 bridgehead atoms. The molecule has 1 atom stereocenters. The minimum Gasteiger partial charge on any atom is -0.493 e. The van der Waals surface area contributed by atoms with Crippen LogP contribution in [0.5, 0.6) is 5.75 Å². The molecule has 0 spiro atoms. The highest BCUT2D eigenvalue weighted by Gasteiger charge is 2.24. The molecule has 1 amide bonds. The van der Waals surface area contributed by atoms with Crippen molar-refractivity contribution in [3.8, 4) is 17.1 Å². The molecule has 4 rings (SSSR count). The van der Waals surface area contributed by atoms with E-state index in [0.29, 0.717) is 41.8 Å². The van der Waals surface area contributed by atoms with Crippen molar-refractivity contribution in [2.45, 2.75) is 32.4 Å². The fourth-order valence-electron chi connectivity index (χ4n) is 3.42.